The highest BCUT2D eigenvalue weighted by atomic mass is 32.1. The summed E-state index contributed by atoms with van der Waals surface area (Å²) in [5.74, 6) is 0.356. The molecule has 0 saturated carbocycles. The van der Waals surface area contributed by atoms with Gasteiger partial charge in [-0.05, 0) is 42.4 Å². The van der Waals surface area contributed by atoms with Crippen molar-refractivity contribution in [2.45, 2.75) is 19.4 Å². The summed E-state index contributed by atoms with van der Waals surface area (Å²) < 4.78 is 19.4. The molecule has 0 amide bonds. The van der Waals surface area contributed by atoms with Gasteiger partial charge in [-0.25, -0.2) is 4.39 Å². The second-order valence-electron chi connectivity index (χ2n) is 4.42. The topological polar surface area (TPSA) is 21.3 Å². The lowest BCUT2D eigenvalue weighted by atomic mass is 10.1. The van der Waals surface area contributed by atoms with Gasteiger partial charge in [0.1, 0.15) is 11.6 Å². The molecule has 0 fully saturated rings. The van der Waals surface area contributed by atoms with E-state index in [1.807, 2.05) is 25.4 Å². The van der Waals surface area contributed by atoms with E-state index in [0.717, 1.165) is 6.42 Å². The fraction of sp³-hybridized carbons (Fsp3) is 0.333. The van der Waals surface area contributed by atoms with E-state index in [9.17, 15) is 4.39 Å². The van der Waals surface area contributed by atoms with Gasteiger partial charge in [-0.3, -0.25) is 0 Å². The van der Waals surface area contributed by atoms with E-state index in [4.69, 9.17) is 4.74 Å². The molecule has 1 aromatic carbocycles. The van der Waals surface area contributed by atoms with Crippen molar-refractivity contribution in [3.05, 3.63) is 52.0 Å². The first-order valence-corrected chi connectivity index (χ1v) is 7.25. The first kappa shape index (κ1) is 14.0. The molecule has 0 radical (unpaired) electrons. The largest absolute Gasteiger partial charge is 0.493 e. The Bertz CT molecular complexity index is 513. The third kappa shape index (κ3) is 3.78. The van der Waals surface area contributed by atoms with E-state index in [1.54, 1.807) is 17.4 Å². The van der Waals surface area contributed by atoms with Crippen molar-refractivity contribution in [1.82, 2.24) is 5.32 Å². The summed E-state index contributed by atoms with van der Waals surface area (Å²) in [6.07, 6.45) is 0.847. The van der Waals surface area contributed by atoms with Crippen LogP contribution >= 0.6 is 11.3 Å². The highest BCUT2D eigenvalue weighted by Gasteiger charge is 2.09. The van der Waals surface area contributed by atoms with Crippen LogP contribution in [0.15, 0.2) is 35.0 Å². The summed E-state index contributed by atoms with van der Waals surface area (Å²) in [7, 11) is 1.81. The minimum absolute atomic E-state index is 0.000133. The Labute approximate surface area is 117 Å². The van der Waals surface area contributed by atoms with Crippen LogP contribution in [0, 0.1) is 5.82 Å². The van der Waals surface area contributed by atoms with Gasteiger partial charge in [-0.15, -0.1) is 0 Å². The molecule has 2 nitrogen and oxygen atoms in total. The van der Waals surface area contributed by atoms with Crippen LogP contribution in [0.2, 0.25) is 0 Å². The molecular weight excluding hydrogens is 261 g/mol. The number of thiophene rings is 1. The van der Waals surface area contributed by atoms with E-state index in [0.29, 0.717) is 17.9 Å². The molecule has 19 heavy (non-hydrogen) atoms. The number of benzene rings is 1. The van der Waals surface area contributed by atoms with Crippen molar-refractivity contribution < 1.29 is 9.13 Å². The average molecular weight is 279 g/mol. The van der Waals surface area contributed by atoms with E-state index in [1.165, 1.54) is 11.6 Å². The second-order valence-corrected chi connectivity index (χ2v) is 5.20. The summed E-state index contributed by atoms with van der Waals surface area (Å²) in [6.45, 7) is 2.49. The molecule has 1 N–H and O–H groups in total. The van der Waals surface area contributed by atoms with Crippen molar-refractivity contribution in [2.75, 3.05) is 13.7 Å². The molecule has 1 atom stereocenters. The summed E-state index contributed by atoms with van der Waals surface area (Å²) >= 11 is 1.67. The van der Waals surface area contributed by atoms with Gasteiger partial charge in [0, 0.05) is 24.1 Å². The molecule has 0 saturated heterocycles. The van der Waals surface area contributed by atoms with Crippen LogP contribution in [0.1, 0.15) is 24.1 Å². The molecule has 1 heterocycles. The van der Waals surface area contributed by atoms with Crippen LogP contribution in [-0.4, -0.2) is 13.7 Å². The maximum Gasteiger partial charge on any atom is 0.131 e. The molecule has 1 aromatic heterocycles. The van der Waals surface area contributed by atoms with E-state index >= 15 is 0 Å². The minimum Gasteiger partial charge on any atom is -0.493 e. The Morgan fingerprint density at radius 3 is 2.84 bits per heavy atom. The molecule has 4 heteroatoms. The Morgan fingerprint density at radius 1 is 1.37 bits per heavy atom. The van der Waals surface area contributed by atoms with Gasteiger partial charge < -0.3 is 10.1 Å². The molecule has 2 aromatic rings. The Morgan fingerprint density at radius 2 is 2.21 bits per heavy atom. The minimum atomic E-state index is -0.227. The Kier molecular flexibility index (Phi) is 4.93. The molecular formula is C15H18FNOS. The third-order valence-electron chi connectivity index (χ3n) is 3.11. The summed E-state index contributed by atoms with van der Waals surface area (Å²) in [5, 5.41) is 7.17. The lowest BCUT2D eigenvalue weighted by Gasteiger charge is -2.13. The quantitative estimate of drug-likeness (QED) is 0.868. The number of halogens is 1. The number of hydrogen-bond acceptors (Lipinski definition) is 3. The Balaban J connectivity index is 1.92. The number of ether oxygens (including phenoxy) is 1. The molecule has 2 rings (SSSR count). The first-order valence-electron chi connectivity index (χ1n) is 6.31. The molecule has 102 valence electrons. The highest BCUT2D eigenvalue weighted by Crippen LogP contribution is 2.21. The maximum absolute atomic E-state index is 13.9. The fourth-order valence-corrected chi connectivity index (χ4v) is 2.53. The van der Waals surface area contributed by atoms with Crippen LogP contribution in [0.5, 0.6) is 5.75 Å². The van der Waals surface area contributed by atoms with Gasteiger partial charge in [0.15, 0.2) is 0 Å². The smallest absolute Gasteiger partial charge is 0.131 e. The van der Waals surface area contributed by atoms with Gasteiger partial charge in [0.25, 0.3) is 0 Å². The van der Waals surface area contributed by atoms with Crippen LogP contribution in [-0.2, 0) is 6.42 Å². The zero-order valence-corrected chi connectivity index (χ0v) is 12.0. The zero-order chi connectivity index (χ0) is 13.7. The molecule has 0 aliphatic carbocycles. The van der Waals surface area contributed by atoms with Crippen molar-refractivity contribution in [3.8, 4) is 5.75 Å². The first-order chi connectivity index (χ1) is 9.20. The van der Waals surface area contributed by atoms with Crippen LogP contribution in [0.3, 0.4) is 0 Å². The lowest BCUT2D eigenvalue weighted by Crippen LogP contribution is -2.14. The molecule has 0 spiro atoms. The van der Waals surface area contributed by atoms with Gasteiger partial charge >= 0.3 is 0 Å². The second kappa shape index (κ2) is 6.68. The normalized spacial score (nSPS) is 12.4. The maximum atomic E-state index is 13.9. The van der Waals surface area contributed by atoms with Crippen molar-refractivity contribution in [3.63, 3.8) is 0 Å². The SMILES string of the molecule is CNC(C)c1ccc(OCCc2ccsc2)cc1F. The number of hydrogen-bond donors (Lipinski definition) is 1. The van der Waals surface area contributed by atoms with Crippen LogP contribution < -0.4 is 10.1 Å². The third-order valence-corrected chi connectivity index (χ3v) is 3.84. The van der Waals surface area contributed by atoms with Gasteiger partial charge in [-0.2, -0.15) is 11.3 Å². The van der Waals surface area contributed by atoms with Crippen LogP contribution in [0.4, 0.5) is 4.39 Å². The molecule has 1 unspecified atom stereocenters. The lowest BCUT2D eigenvalue weighted by molar-refractivity contribution is 0.320. The standard InChI is InChI=1S/C15H18FNOS/c1-11(17-2)14-4-3-13(9-15(14)16)18-7-5-12-6-8-19-10-12/h3-4,6,8-11,17H,5,7H2,1-2H3. The summed E-state index contributed by atoms with van der Waals surface area (Å²) in [5.41, 5.74) is 1.92. The zero-order valence-electron chi connectivity index (χ0n) is 11.2. The summed E-state index contributed by atoms with van der Waals surface area (Å²) in [6, 6.07) is 7.12. The molecule has 0 aliphatic rings. The van der Waals surface area contributed by atoms with Gasteiger partial charge in [-0.1, -0.05) is 6.07 Å². The average Bonchev–Trinajstić information content (AvgIpc) is 2.91. The molecule has 0 bridgehead atoms. The van der Waals surface area contributed by atoms with Gasteiger partial charge in [0.2, 0.25) is 0 Å². The Hall–Kier alpha value is -1.39. The molecule has 0 aliphatic heterocycles. The van der Waals surface area contributed by atoms with Crippen molar-refractivity contribution >= 4 is 11.3 Å². The van der Waals surface area contributed by atoms with E-state index in [2.05, 4.69) is 16.8 Å². The number of nitrogens with one attached hydrogen (secondary N) is 1. The van der Waals surface area contributed by atoms with E-state index in [-0.39, 0.29) is 11.9 Å². The number of rotatable bonds is 6. The van der Waals surface area contributed by atoms with Gasteiger partial charge in [0.05, 0.1) is 6.61 Å². The predicted molar refractivity (Wildman–Crippen MR) is 77.4 cm³/mol. The van der Waals surface area contributed by atoms with Crippen LogP contribution in [0.25, 0.3) is 0 Å². The van der Waals surface area contributed by atoms with Crippen molar-refractivity contribution in [2.24, 2.45) is 0 Å². The van der Waals surface area contributed by atoms with E-state index < -0.39 is 0 Å². The highest BCUT2D eigenvalue weighted by molar-refractivity contribution is 7.07. The summed E-state index contributed by atoms with van der Waals surface area (Å²) in [4.78, 5) is 0. The van der Waals surface area contributed by atoms with Crippen molar-refractivity contribution in [1.29, 1.82) is 0 Å². The predicted octanol–water partition coefficient (Wildman–Crippen LogP) is 3.79. The monoisotopic (exact) mass is 279 g/mol. The fourth-order valence-electron chi connectivity index (χ4n) is 1.83.